The van der Waals surface area contributed by atoms with Crippen LogP contribution in [0.5, 0.6) is 0 Å². The Hall–Kier alpha value is -1.51. The van der Waals surface area contributed by atoms with Gasteiger partial charge in [0.05, 0.1) is 0 Å². The molecule has 0 aliphatic rings. The highest BCUT2D eigenvalue weighted by atomic mass is 16.4. The van der Waals surface area contributed by atoms with E-state index in [4.69, 9.17) is 0 Å². The molecule has 0 aliphatic carbocycles. The summed E-state index contributed by atoms with van der Waals surface area (Å²) in [7, 11) is 0. The lowest BCUT2D eigenvalue weighted by molar-refractivity contribution is -0.142. The number of para-hydroxylation sites is 1. The van der Waals surface area contributed by atoms with E-state index in [1.54, 1.807) is 6.92 Å². The van der Waals surface area contributed by atoms with Gasteiger partial charge >= 0.3 is 5.97 Å². The van der Waals surface area contributed by atoms with E-state index in [-0.39, 0.29) is 0 Å². The first-order valence-corrected chi connectivity index (χ1v) is 6.15. The van der Waals surface area contributed by atoms with Gasteiger partial charge in [-0.2, -0.15) is 0 Å². The molecule has 0 aromatic heterocycles. The van der Waals surface area contributed by atoms with Crippen LogP contribution < -0.4 is 5.32 Å². The molecule has 0 amide bonds. The molecule has 0 heterocycles. The van der Waals surface area contributed by atoms with E-state index in [0.29, 0.717) is 6.42 Å². The Labute approximate surface area is 103 Å². The van der Waals surface area contributed by atoms with Crippen LogP contribution in [0.2, 0.25) is 0 Å². The minimum atomic E-state index is -0.878. The molecule has 0 aliphatic heterocycles. The molecule has 0 bridgehead atoms. The van der Waals surface area contributed by atoms with Crippen molar-refractivity contribution in [3.63, 3.8) is 0 Å². The fraction of sp³-hybridized carbons (Fsp3) is 0.500. The van der Waals surface area contributed by atoms with Gasteiger partial charge < -0.3 is 10.4 Å². The van der Waals surface area contributed by atoms with E-state index >= 15 is 0 Å². The maximum absolute atomic E-state index is 11.4. The Bertz CT molecular complexity index is 350. The minimum Gasteiger partial charge on any atom is -0.480 e. The summed E-state index contributed by atoms with van der Waals surface area (Å²) in [6.45, 7) is 3.86. The third kappa shape index (κ3) is 4.10. The number of carboxylic acid groups (broad SMARTS) is 1. The van der Waals surface area contributed by atoms with Gasteiger partial charge in [0.25, 0.3) is 0 Å². The molecule has 1 unspecified atom stereocenters. The molecule has 0 saturated heterocycles. The summed E-state index contributed by atoms with van der Waals surface area (Å²) in [4.78, 5) is 11.4. The summed E-state index contributed by atoms with van der Waals surface area (Å²) in [6.07, 6.45) is 3.74. The monoisotopic (exact) mass is 235 g/mol. The van der Waals surface area contributed by atoms with Gasteiger partial charge in [0.2, 0.25) is 0 Å². The normalized spacial score (nSPS) is 14.0. The highest BCUT2D eigenvalue weighted by molar-refractivity contribution is 5.82. The predicted molar refractivity (Wildman–Crippen MR) is 70.2 cm³/mol. The van der Waals surface area contributed by atoms with Crippen LogP contribution in [0.1, 0.15) is 39.5 Å². The van der Waals surface area contributed by atoms with Crippen molar-refractivity contribution in [3.8, 4) is 0 Å². The van der Waals surface area contributed by atoms with Crippen LogP contribution >= 0.6 is 0 Å². The number of carbonyl (C=O) groups is 1. The van der Waals surface area contributed by atoms with Crippen LogP contribution in [0, 0.1) is 0 Å². The SMILES string of the molecule is CCCCCC(C)(Nc1ccccc1)C(=O)O. The van der Waals surface area contributed by atoms with Gasteiger partial charge in [0.15, 0.2) is 0 Å². The molecular formula is C14H21NO2. The molecule has 3 nitrogen and oxygen atoms in total. The third-order valence-electron chi connectivity index (χ3n) is 2.95. The maximum atomic E-state index is 11.4. The lowest BCUT2D eigenvalue weighted by atomic mass is 9.94. The molecule has 2 N–H and O–H groups in total. The Morgan fingerprint density at radius 3 is 2.47 bits per heavy atom. The summed E-state index contributed by atoms with van der Waals surface area (Å²) in [5, 5.41) is 12.4. The smallest absolute Gasteiger partial charge is 0.329 e. The molecular weight excluding hydrogens is 214 g/mol. The van der Waals surface area contributed by atoms with E-state index in [2.05, 4.69) is 12.2 Å². The third-order valence-corrected chi connectivity index (χ3v) is 2.95. The number of nitrogens with one attached hydrogen (secondary N) is 1. The Kier molecular flexibility index (Phi) is 5.01. The molecule has 1 atom stereocenters. The first kappa shape index (κ1) is 13.6. The lowest BCUT2D eigenvalue weighted by Gasteiger charge is -2.27. The van der Waals surface area contributed by atoms with E-state index in [9.17, 15) is 9.90 Å². The summed E-state index contributed by atoms with van der Waals surface area (Å²) >= 11 is 0. The van der Waals surface area contributed by atoms with E-state index in [1.807, 2.05) is 30.3 Å². The maximum Gasteiger partial charge on any atom is 0.329 e. The highest BCUT2D eigenvalue weighted by Crippen LogP contribution is 2.21. The number of unbranched alkanes of at least 4 members (excludes halogenated alkanes) is 2. The standard InChI is InChI=1S/C14H21NO2/c1-3-4-8-11-14(2,13(16)17)15-12-9-6-5-7-10-12/h5-7,9-10,15H,3-4,8,11H2,1-2H3,(H,16,17). The summed E-state index contributed by atoms with van der Waals surface area (Å²) in [5.74, 6) is -0.794. The zero-order valence-electron chi connectivity index (χ0n) is 10.6. The van der Waals surface area contributed by atoms with Crippen molar-refractivity contribution in [1.29, 1.82) is 0 Å². The summed E-state index contributed by atoms with van der Waals surface area (Å²) in [5.41, 5.74) is -0.0230. The largest absolute Gasteiger partial charge is 0.480 e. The van der Waals surface area contributed by atoms with Crippen LogP contribution in [0.25, 0.3) is 0 Å². The lowest BCUT2D eigenvalue weighted by Crippen LogP contribution is -2.43. The minimum absolute atomic E-state index is 0.644. The van der Waals surface area contributed by atoms with Crippen LogP contribution in [0.4, 0.5) is 5.69 Å². The second kappa shape index (κ2) is 6.28. The van der Waals surface area contributed by atoms with Gasteiger partial charge in [-0.3, -0.25) is 0 Å². The van der Waals surface area contributed by atoms with Crippen molar-refractivity contribution < 1.29 is 9.90 Å². The predicted octanol–water partition coefficient (Wildman–Crippen LogP) is 3.52. The van der Waals surface area contributed by atoms with Gasteiger partial charge in [0, 0.05) is 5.69 Å². The van der Waals surface area contributed by atoms with Crippen LogP contribution in [0.3, 0.4) is 0 Å². The fourth-order valence-corrected chi connectivity index (χ4v) is 1.79. The van der Waals surface area contributed by atoms with E-state index in [0.717, 1.165) is 24.9 Å². The molecule has 0 saturated carbocycles. The van der Waals surface area contributed by atoms with Crippen LogP contribution in [0.15, 0.2) is 30.3 Å². The molecule has 1 rings (SSSR count). The zero-order chi connectivity index (χ0) is 12.7. The Morgan fingerprint density at radius 1 is 1.29 bits per heavy atom. The average Bonchev–Trinajstić information content (AvgIpc) is 2.30. The molecule has 1 aromatic carbocycles. The number of aliphatic carboxylic acids is 1. The number of hydrogen-bond acceptors (Lipinski definition) is 2. The number of rotatable bonds is 7. The first-order chi connectivity index (χ1) is 8.08. The summed E-state index contributed by atoms with van der Waals surface area (Å²) in [6, 6.07) is 9.50. The van der Waals surface area contributed by atoms with Crippen LogP contribution in [-0.2, 0) is 4.79 Å². The van der Waals surface area contributed by atoms with Crippen molar-refractivity contribution in [2.75, 3.05) is 5.32 Å². The second-order valence-electron chi connectivity index (χ2n) is 4.59. The molecule has 0 fully saturated rings. The molecule has 0 spiro atoms. The van der Waals surface area contributed by atoms with Gasteiger partial charge in [-0.05, 0) is 25.5 Å². The molecule has 17 heavy (non-hydrogen) atoms. The molecule has 1 aromatic rings. The fourth-order valence-electron chi connectivity index (χ4n) is 1.79. The van der Waals surface area contributed by atoms with E-state index < -0.39 is 11.5 Å². The van der Waals surface area contributed by atoms with Gasteiger partial charge in [-0.25, -0.2) is 4.79 Å². The average molecular weight is 235 g/mol. The summed E-state index contributed by atoms with van der Waals surface area (Å²) < 4.78 is 0. The topological polar surface area (TPSA) is 49.3 Å². The van der Waals surface area contributed by atoms with Crippen molar-refractivity contribution in [2.45, 2.75) is 45.1 Å². The number of anilines is 1. The van der Waals surface area contributed by atoms with Gasteiger partial charge in [-0.1, -0.05) is 44.4 Å². The van der Waals surface area contributed by atoms with Crippen molar-refractivity contribution in [3.05, 3.63) is 30.3 Å². The quantitative estimate of drug-likeness (QED) is 0.711. The Balaban J connectivity index is 2.68. The van der Waals surface area contributed by atoms with Crippen LogP contribution in [-0.4, -0.2) is 16.6 Å². The molecule has 3 heteroatoms. The number of hydrogen-bond donors (Lipinski definition) is 2. The highest BCUT2D eigenvalue weighted by Gasteiger charge is 2.32. The van der Waals surface area contributed by atoms with Crippen molar-refractivity contribution in [2.24, 2.45) is 0 Å². The zero-order valence-corrected chi connectivity index (χ0v) is 10.6. The van der Waals surface area contributed by atoms with Gasteiger partial charge in [0.1, 0.15) is 5.54 Å². The van der Waals surface area contributed by atoms with E-state index in [1.165, 1.54) is 0 Å². The molecule has 94 valence electrons. The van der Waals surface area contributed by atoms with Gasteiger partial charge in [-0.15, -0.1) is 0 Å². The van der Waals surface area contributed by atoms with Crippen molar-refractivity contribution >= 4 is 11.7 Å². The number of carboxylic acids is 1. The Morgan fingerprint density at radius 2 is 1.94 bits per heavy atom. The number of benzene rings is 1. The van der Waals surface area contributed by atoms with Crippen molar-refractivity contribution in [1.82, 2.24) is 0 Å². The second-order valence-corrected chi connectivity index (χ2v) is 4.59. The molecule has 0 radical (unpaired) electrons. The first-order valence-electron chi connectivity index (χ1n) is 6.15.